The highest BCUT2D eigenvalue weighted by atomic mass is 16.5. The van der Waals surface area contributed by atoms with Gasteiger partial charge < -0.3 is 14.8 Å². The molecule has 1 aromatic heterocycles. The minimum Gasteiger partial charge on any atom is -0.497 e. The number of esters is 1. The summed E-state index contributed by atoms with van der Waals surface area (Å²) in [6.07, 6.45) is 1.36. The van der Waals surface area contributed by atoms with Gasteiger partial charge in [-0.25, -0.2) is 4.79 Å². The molecule has 0 aliphatic carbocycles. The Morgan fingerprint density at radius 3 is 2.77 bits per heavy atom. The van der Waals surface area contributed by atoms with Crippen LogP contribution in [-0.2, 0) is 9.53 Å². The Kier molecular flexibility index (Phi) is 5.18. The third kappa shape index (κ3) is 4.01. The number of para-hydroxylation sites is 1. The standard InChI is InChI=1S/C17H15N5O4/c1-25-13-6-4-5-12(9-13)19-16(23)10-26-17(24)14-7-2-3-8-15(14)22-11-18-20-21-22/h2-9,11H,10H2,1H3,(H,19,23). The number of rotatable bonds is 6. The Morgan fingerprint density at radius 1 is 1.15 bits per heavy atom. The van der Waals surface area contributed by atoms with Crippen LogP contribution in [0.3, 0.4) is 0 Å². The fourth-order valence-corrected chi connectivity index (χ4v) is 2.22. The van der Waals surface area contributed by atoms with Crippen molar-refractivity contribution in [3.63, 3.8) is 0 Å². The first-order valence-electron chi connectivity index (χ1n) is 7.61. The Bertz CT molecular complexity index is 911. The molecule has 0 saturated heterocycles. The Morgan fingerprint density at radius 2 is 2.00 bits per heavy atom. The summed E-state index contributed by atoms with van der Waals surface area (Å²) in [5.74, 6) is -0.515. The van der Waals surface area contributed by atoms with E-state index in [0.29, 0.717) is 17.1 Å². The Labute approximate surface area is 148 Å². The van der Waals surface area contributed by atoms with Gasteiger partial charge in [-0.05, 0) is 34.7 Å². The van der Waals surface area contributed by atoms with Crippen LogP contribution in [0, 0.1) is 0 Å². The first-order valence-corrected chi connectivity index (χ1v) is 7.61. The summed E-state index contributed by atoms with van der Waals surface area (Å²) in [5.41, 5.74) is 1.24. The van der Waals surface area contributed by atoms with Crippen LogP contribution < -0.4 is 10.1 Å². The Balaban J connectivity index is 1.63. The van der Waals surface area contributed by atoms with Crippen molar-refractivity contribution < 1.29 is 19.1 Å². The lowest BCUT2D eigenvalue weighted by Gasteiger charge is -2.09. The number of ether oxygens (including phenoxy) is 2. The highest BCUT2D eigenvalue weighted by Crippen LogP contribution is 2.17. The van der Waals surface area contributed by atoms with E-state index in [0.717, 1.165) is 0 Å². The fourth-order valence-electron chi connectivity index (χ4n) is 2.22. The second kappa shape index (κ2) is 7.88. The topological polar surface area (TPSA) is 108 Å². The maximum atomic E-state index is 12.3. The number of aromatic nitrogens is 4. The predicted molar refractivity (Wildman–Crippen MR) is 91.1 cm³/mol. The van der Waals surface area contributed by atoms with E-state index in [2.05, 4.69) is 20.8 Å². The number of amides is 1. The van der Waals surface area contributed by atoms with E-state index in [4.69, 9.17) is 9.47 Å². The van der Waals surface area contributed by atoms with Crippen LogP contribution in [0.5, 0.6) is 5.75 Å². The van der Waals surface area contributed by atoms with Gasteiger partial charge in [-0.1, -0.05) is 18.2 Å². The number of carbonyl (C=O) groups is 2. The third-order valence-corrected chi connectivity index (χ3v) is 3.41. The Hall–Kier alpha value is -3.75. The molecule has 1 amide bonds. The average Bonchev–Trinajstić information content (AvgIpc) is 3.21. The van der Waals surface area contributed by atoms with Gasteiger partial charge in [0.1, 0.15) is 12.1 Å². The molecule has 0 unspecified atom stereocenters. The quantitative estimate of drug-likeness (QED) is 0.668. The van der Waals surface area contributed by atoms with Gasteiger partial charge in [0.15, 0.2) is 6.61 Å². The molecule has 2 aromatic carbocycles. The van der Waals surface area contributed by atoms with Crippen molar-refractivity contribution in [3.8, 4) is 11.4 Å². The SMILES string of the molecule is COc1cccc(NC(=O)COC(=O)c2ccccc2-n2cnnn2)c1. The molecule has 132 valence electrons. The minimum atomic E-state index is -0.656. The van der Waals surface area contributed by atoms with Gasteiger partial charge in [0.2, 0.25) is 0 Å². The molecule has 26 heavy (non-hydrogen) atoms. The van der Waals surface area contributed by atoms with Crippen molar-refractivity contribution in [2.45, 2.75) is 0 Å². The maximum absolute atomic E-state index is 12.3. The lowest BCUT2D eigenvalue weighted by atomic mass is 10.2. The van der Waals surface area contributed by atoms with Gasteiger partial charge in [0, 0.05) is 11.8 Å². The molecule has 9 heteroatoms. The molecule has 0 fully saturated rings. The molecule has 0 atom stereocenters. The van der Waals surface area contributed by atoms with Crippen molar-refractivity contribution >= 4 is 17.6 Å². The van der Waals surface area contributed by atoms with E-state index in [9.17, 15) is 9.59 Å². The molecule has 3 rings (SSSR count). The van der Waals surface area contributed by atoms with Crippen molar-refractivity contribution in [1.29, 1.82) is 0 Å². The summed E-state index contributed by atoms with van der Waals surface area (Å²) in [6, 6.07) is 13.5. The number of benzene rings is 2. The number of nitrogens with zero attached hydrogens (tertiary/aromatic N) is 4. The first-order chi connectivity index (χ1) is 12.7. The van der Waals surface area contributed by atoms with Gasteiger partial charge in [-0.2, -0.15) is 4.68 Å². The largest absolute Gasteiger partial charge is 0.497 e. The number of methoxy groups -OCH3 is 1. The molecule has 0 radical (unpaired) electrons. The van der Waals surface area contributed by atoms with Crippen LogP contribution in [0.4, 0.5) is 5.69 Å². The van der Waals surface area contributed by atoms with Crippen LogP contribution in [-0.4, -0.2) is 45.8 Å². The first kappa shape index (κ1) is 17.1. The number of hydrogen-bond donors (Lipinski definition) is 1. The summed E-state index contributed by atoms with van der Waals surface area (Å²) >= 11 is 0. The second-order valence-electron chi connectivity index (χ2n) is 5.13. The molecule has 0 aliphatic heterocycles. The molecule has 9 nitrogen and oxygen atoms in total. The highest BCUT2D eigenvalue weighted by molar-refractivity contribution is 5.97. The van der Waals surface area contributed by atoms with Crippen LogP contribution in [0.15, 0.2) is 54.9 Å². The van der Waals surface area contributed by atoms with Gasteiger partial charge in [0.05, 0.1) is 18.4 Å². The molecule has 3 aromatic rings. The van der Waals surface area contributed by atoms with E-state index >= 15 is 0 Å². The monoisotopic (exact) mass is 353 g/mol. The van der Waals surface area contributed by atoms with Crippen molar-refractivity contribution in [2.24, 2.45) is 0 Å². The fraction of sp³-hybridized carbons (Fsp3) is 0.118. The van der Waals surface area contributed by atoms with Crippen molar-refractivity contribution in [2.75, 3.05) is 19.0 Å². The molecule has 0 saturated carbocycles. The minimum absolute atomic E-state index is 0.244. The molecule has 1 N–H and O–H groups in total. The number of nitrogens with one attached hydrogen (secondary N) is 1. The van der Waals surface area contributed by atoms with Gasteiger partial charge in [-0.3, -0.25) is 4.79 Å². The van der Waals surface area contributed by atoms with Crippen molar-refractivity contribution in [1.82, 2.24) is 20.2 Å². The maximum Gasteiger partial charge on any atom is 0.340 e. The smallest absolute Gasteiger partial charge is 0.340 e. The highest BCUT2D eigenvalue weighted by Gasteiger charge is 2.16. The van der Waals surface area contributed by atoms with Gasteiger partial charge >= 0.3 is 5.97 Å². The molecule has 0 aliphatic rings. The molecular formula is C17H15N5O4. The summed E-state index contributed by atoms with van der Waals surface area (Å²) in [7, 11) is 1.53. The zero-order chi connectivity index (χ0) is 18.4. The lowest BCUT2D eigenvalue weighted by Crippen LogP contribution is -2.21. The zero-order valence-electron chi connectivity index (χ0n) is 13.8. The molecule has 0 bridgehead atoms. The summed E-state index contributed by atoms with van der Waals surface area (Å²) < 4.78 is 11.5. The van der Waals surface area contributed by atoms with E-state index in [1.54, 1.807) is 48.5 Å². The van der Waals surface area contributed by atoms with Crippen LogP contribution in [0.1, 0.15) is 10.4 Å². The third-order valence-electron chi connectivity index (χ3n) is 3.41. The van der Waals surface area contributed by atoms with Gasteiger partial charge in [-0.15, -0.1) is 5.10 Å². The van der Waals surface area contributed by atoms with E-state index < -0.39 is 18.5 Å². The number of anilines is 1. The summed E-state index contributed by atoms with van der Waals surface area (Å²) in [5, 5.41) is 13.5. The average molecular weight is 353 g/mol. The second-order valence-corrected chi connectivity index (χ2v) is 5.13. The van der Waals surface area contributed by atoms with E-state index in [1.807, 2.05) is 0 Å². The van der Waals surface area contributed by atoms with Crippen LogP contribution >= 0.6 is 0 Å². The number of carbonyl (C=O) groups excluding carboxylic acids is 2. The normalized spacial score (nSPS) is 10.2. The lowest BCUT2D eigenvalue weighted by molar-refractivity contribution is -0.119. The van der Waals surface area contributed by atoms with E-state index in [-0.39, 0.29) is 5.56 Å². The number of hydrogen-bond acceptors (Lipinski definition) is 7. The predicted octanol–water partition coefficient (Wildman–Crippen LogP) is 1.47. The molecule has 0 spiro atoms. The zero-order valence-corrected chi connectivity index (χ0v) is 13.8. The van der Waals surface area contributed by atoms with Crippen LogP contribution in [0.25, 0.3) is 5.69 Å². The summed E-state index contributed by atoms with van der Waals surface area (Å²) in [4.78, 5) is 24.3. The molecular weight excluding hydrogens is 338 g/mol. The van der Waals surface area contributed by atoms with E-state index in [1.165, 1.54) is 18.1 Å². The molecule has 1 heterocycles. The summed E-state index contributed by atoms with van der Waals surface area (Å²) in [6.45, 7) is -0.431. The number of tetrazole rings is 1. The van der Waals surface area contributed by atoms with Gasteiger partial charge in [0.25, 0.3) is 5.91 Å². The van der Waals surface area contributed by atoms with Crippen LogP contribution in [0.2, 0.25) is 0 Å². The van der Waals surface area contributed by atoms with Crippen molar-refractivity contribution in [3.05, 3.63) is 60.4 Å².